The Hall–Kier alpha value is -0.750. The molecule has 0 aliphatic heterocycles. The van der Waals surface area contributed by atoms with Crippen molar-refractivity contribution in [1.82, 2.24) is 5.32 Å². The molecule has 0 bridgehead atoms. The summed E-state index contributed by atoms with van der Waals surface area (Å²) in [6.45, 7) is 0.334. The molecule has 0 aromatic carbocycles. The van der Waals surface area contributed by atoms with Crippen LogP contribution in [-0.2, 0) is 6.54 Å². The van der Waals surface area contributed by atoms with Crippen molar-refractivity contribution in [2.24, 2.45) is 0 Å². The predicted molar refractivity (Wildman–Crippen MR) is 51.1 cm³/mol. The van der Waals surface area contributed by atoms with E-state index >= 15 is 0 Å². The molecule has 0 fully saturated rings. The molecule has 0 unspecified atom stereocenters. The van der Waals surface area contributed by atoms with E-state index < -0.39 is 12.6 Å². The Morgan fingerprint density at radius 2 is 2.14 bits per heavy atom. The van der Waals surface area contributed by atoms with Crippen LogP contribution in [0, 0.1) is 0 Å². The Morgan fingerprint density at radius 3 is 2.64 bits per heavy atom. The second-order valence-corrected chi connectivity index (χ2v) is 3.84. The molecule has 1 aromatic heterocycles. The second kappa shape index (κ2) is 4.65. The van der Waals surface area contributed by atoms with Gasteiger partial charge in [-0.1, -0.05) is 0 Å². The lowest BCUT2D eigenvalue weighted by Gasteiger charge is -2.06. The van der Waals surface area contributed by atoms with Gasteiger partial charge in [0, 0.05) is 23.7 Å². The third-order valence-electron chi connectivity index (χ3n) is 1.65. The molecule has 3 N–H and O–H groups in total. The molecule has 0 saturated carbocycles. The summed E-state index contributed by atoms with van der Waals surface area (Å²) in [5.41, 5.74) is 6.19. The number of thiophene rings is 1. The van der Waals surface area contributed by atoms with Gasteiger partial charge in [-0.2, -0.15) is 13.2 Å². The zero-order valence-electron chi connectivity index (χ0n) is 7.40. The van der Waals surface area contributed by atoms with Gasteiger partial charge in [0.1, 0.15) is 0 Å². The number of hydrogen-bond acceptors (Lipinski definition) is 3. The van der Waals surface area contributed by atoms with Crippen molar-refractivity contribution < 1.29 is 13.2 Å². The first-order valence-corrected chi connectivity index (χ1v) is 4.96. The lowest BCUT2D eigenvalue weighted by atomic mass is 10.3. The summed E-state index contributed by atoms with van der Waals surface area (Å²) in [5.74, 6) is 0. The van der Waals surface area contributed by atoms with Gasteiger partial charge in [-0.05, 0) is 11.4 Å². The van der Waals surface area contributed by atoms with Crippen LogP contribution in [0.25, 0.3) is 0 Å². The van der Waals surface area contributed by atoms with Gasteiger partial charge >= 0.3 is 6.18 Å². The molecule has 0 radical (unpaired) electrons. The number of halogens is 3. The fraction of sp³-hybridized carbons (Fsp3) is 0.500. The van der Waals surface area contributed by atoms with Crippen LogP contribution in [0.3, 0.4) is 0 Å². The standard InChI is InChI=1S/C8H11F3N2S/c9-8(10,11)2-3-13-5-7-6(12)1-4-14-7/h1,4,13H,2-3,5,12H2. The summed E-state index contributed by atoms with van der Waals surface area (Å²) in [4.78, 5) is 0.882. The Balaban J connectivity index is 2.20. The van der Waals surface area contributed by atoms with Crippen LogP contribution in [0.2, 0.25) is 0 Å². The third-order valence-corrected chi connectivity index (χ3v) is 2.59. The quantitative estimate of drug-likeness (QED) is 0.770. The Morgan fingerprint density at radius 1 is 1.43 bits per heavy atom. The third kappa shape index (κ3) is 3.97. The number of rotatable bonds is 4. The van der Waals surface area contributed by atoms with Gasteiger partial charge in [0.15, 0.2) is 0 Å². The van der Waals surface area contributed by atoms with Crippen LogP contribution < -0.4 is 11.1 Å². The topological polar surface area (TPSA) is 38.0 Å². The van der Waals surface area contributed by atoms with E-state index in [-0.39, 0.29) is 6.54 Å². The van der Waals surface area contributed by atoms with Gasteiger partial charge in [0.05, 0.1) is 6.42 Å². The van der Waals surface area contributed by atoms with Gasteiger partial charge in [0.2, 0.25) is 0 Å². The second-order valence-electron chi connectivity index (χ2n) is 2.84. The molecule has 14 heavy (non-hydrogen) atoms. The van der Waals surface area contributed by atoms with Gasteiger partial charge in [-0.15, -0.1) is 11.3 Å². The van der Waals surface area contributed by atoms with E-state index in [2.05, 4.69) is 5.32 Å². The molecule has 1 heterocycles. The molecule has 0 saturated heterocycles. The van der Waals surface area contributed by atoms with Crippen LogP contribution in [0.4, 0.5) is 18.9 Å². The molecule has 0 amide bonds. The number of nitrogens with one attached hydrogen (secondary N) is 1. The lowest BCUT2D eigenvalue weighted by molar-refractivity contribution is -0.133. The molecule has 0 spiro atoms. The zero-order chi connectivity index (χ0) is 10.6. The minimum Gasteiger partial charge on any atom is -0.398 e. The van der Waals surface area contributed by atoms with Crippen molar-refractivity contribution in [3.05, 3.63) is 16.3 Å². The molecule has 0 atom stereocenters. The monoisotopic (exact) mass is 224 g/mol. The van der Waals surface area contributed by atoms with Crippen molar-refractivity contribution in [3.8, 4) is 0 Å². The van der Waals surface area contributed by atoms with Crippen LogP contribution in [0.5, 0.6) is 0 Å². The van der Waals surface area contributed by atoms with Gasteiger partial charge in [0.25, 0.3) is 0 Å². The normalized spacial score (nSPS) is 11.9. The molecule has 2 nitrogen and oxygen atoms in total. The summed E-state index contributed by atoms with van der Waals surface area (Å²) in [5, 5.41) is 4.51. The van der Waals surface area contributed by atoms with Crippen molar-refractivity contribution in [3.63, 3.8) is 0 Å². The number of anilines is 1. The molecule has 6 heteroatoms. The highest BCUT2D eigenvalue weighted by Gasteiger charge is 2.25. The summed E-state index contributed by atoms with van der Waals surface area (Å²) in [7, 11) is 0. The van der Waals surface area contributed by atoms with E-state index in [4.69, 9.17) is 5.73 Å². The SMILES string of the molecule is Nc1ccsc1CNCCC(F)(F)F. The van der Waals surface area contributed by atoms with E-state index in [1.54, 1.807) is 6.07 Å². The van der Waals surface area contributed by atoms with E-state index in [0.29, 0.717) is 12.2 Å². The van der Waals surface area contributed by atoms with Crippen LogP contribution >= 0.6 is 11.3 Å². The fourth-order valence-corrected chi connectivity index (χ4v) is 1.69. The average Bonchev–Trinajstić information content (AvgIpc) is 2.44. The highest BCUT2D eigenvalue weighted by Crippen LogP contribution is 2.20. The van der Waals surface area contributed by atoms with Crippen molar-refractivity contribution >= 4 is 17.0 Å². The summed E-state index contributed by atoms with van der Waals surface area (Å²) in [6, 6.07) is 1.74. The number of hydrogen-bond donors (Lipinski definition) is 2. The van der Waals surface area contributed by atoms with Gasteiger partial charge in [-0.25, -0.2) is 0 Å². The Bertz CT molecular complexity index is 282. The maximum Gasteiger partial charge on any atom is 0.390 e. The zero-order valence-corrected chi connectivity index (χ0v) is 8.21. The van der Waals surface area contributed by atoms with Gasteiger partial charge < -0.3 is 11.1 Å². The van der Waals surface area contributed by atoms with Crippen molar-refractivity contribution in [1.29, 1.82) is 0 Å². The summed E-state index contributed by atoms with van der Waals surface area (Å²) < 4.78 is 35.2. The van der Waals surface area contributed by atoms with E-state index in [1.165, 1.54) is 11.3 Å². The van der Waals surface area contributed by atoms with Crippen LogP contribution in [-0.4, -0.2) is 12.7 Å². The molecular weight excluding hydrogens is 213 g/mol. The Kier molecular flexibility index (Phi) is 3.77. The molecule has 1 aromatic rings. The highest BCUT2D eigenvalue weighted by atomic mass is 32.1. The largest absolute Gasteiger partial charge is 0.398 e. The fourth-order valence-electron chi connectivity index (χ4n) is 0.926. The van der Waals surface area contributed by atoms with Crippen molar-refractivity contribution in [2.75, 3.05) is 12.3 Å². The smallest absolute Gasteiger partial charge is 0.390 e. The number of nitrogen functional groups attached to an aromatic ring is 1. The Labute approximate surface area is 83.9 Å². The minimum absolute atomic E-state index is 0.0686. The number of alkyl halides is 3. The van der Waals surface area contributed by atoms with E-state index in [1.807, 2.05) is 5.38 Å². The molecule has 0 aliphatic rings. The number of nitrogens with two attached hydrogens (primary N) is 1. The average molecular weight is 224 g/mol. The maximum absolute atomic E-state index is 11.7. The minimum atomic E-state index is -4.09. The predicted octanol–water partition coefficient (Wildman–Crippen LogP) is 2.37. The van der Waals surface area contributed by atoms with Gasteiger partial charge in [-0.3, -0.25) is 0 Å². The molecule has 80 valence electrons. The maximum atomic E-state index is 11.7. The summed E-state index contributed by atoms with van der Waals surface area (Å²) in [6.07, 6.45) is -4.90. The summed E-state index contributed by atoms with van der Waals surface area (Å²) >= 11 is 1.44. The highest BCUT2D eigenvalue weighted by molar-refractivity contribution is 7.10. The molecular formula is C8H11F3N2S. The lowest BCUT2D eigenvalue weighted by Crippen LogP contribution is -2.21. The van der Waals surface area contributed by atoms with Crippen molar-refractivity contribution in [2.45, 2.75) is 19.1 Å². The van der Waals surface area contributed by atoms with Crippen LogP contribution in [0.15, 0.2) is 11.4 Å². The van der Waals surface area contributed by atoms with Crippen LogP contribution in [0.1, 0.15) is 11.3 Å². The van der Waals surface area contributed by atoms with E-state index in [0.717, 1.165) is 4.88 Å². The van der Waals surface area contributed by atoms with E-state index in [9.17, 15) is 13.2 Å². The first-order chi connectivity index (χ1) is 6.49. The first-order valence-electron chi connectivity index (χ1n) is 4.08. The first kappa shape index (κ1) is 11.3. The molecule has 1 rings (SSSR count). The molecule has 0 aliphatic carbocycles.